The number of benzene rings is 2. The lowest BCUT2D eigenvalue weighted by Crippen LogP contribution is -2.25. The van der Waals surface area contributed by atoms with Gasteiger partial charge in [0.25, 0.3) is 0 Å². The number of fused-ring (bicyclic) bond motifs is 3. The number of carbonyl (C=O) groups is 1. The van der Waals surface area contributed by atoms with Crippen LogP contribution >= 0.6 is 0 Å². The number of carbonyl (C=O) groups excluding carboxylic acids is 1. The Kier molecular flexibility index (Phi) is 6.40. The van der Waals surface area contributed by atoms with Crippen molar-refractivity contribution in [2.24, 2.45) is 0 Å². The maximum Gasteiger partial charge on any atom is 0.220 e. The third-order valence-electron chi connectivity index (χ3n) is 6.04. The summed E-state index contributed by atoms with van der Waals surface area (Å²) in [6.45, 7) is 4.76. The maximum absolute atomic E-state index is 12.4. The lowest BCUT2D eigenvalue weighted by molar-refractivity contribution is -0.121. The molecule has 0 unspecified atom stereocenters. The summed E-state index contributed by atoms with van der Waals surface area (Å²) in [5.41, 5.74) is 7.43. The van der Waals surface area contributed by atoms with Crippen LogP contribution < -0.4 is 10.2 Å². The van der Waals surface area contributed by atoms with Gasteiger partial charge in [-0.3, -0.25) is 4.79 Å². The summed E-state index contributed by atoms with van der Waals surface area (Å²) in [4.78, 5) is 19.3. The number of rotatable bonds is 8. The van der Waals surface area contributed by atoms with Crippen molar-refractivity contribution in [2.45, 2.75) is 39.5 Å². The average molecular weight is 430 g/mol. The number of hydrogen-bond acceptors (Lipinski definition) is 4. The van der Waals surface area contributed by atoms with Crippen molar-refractivity contribution in [3.05, 3.63) is 71.0 Å². The van der Waals surface area contributed by atoms with Crippen LogP contribution in [0.2, 0.25) is 0 Å². The van der Waals surface area contributed by atoms with Crippen LogP contribution in [-0.2, 0) is 17.6 Å². The second-order valence-electron chi connectivity index (χ2n) is 8.53. The average Bonchev–Trinajstić information content (AvgIpc) is 3.16. The van der Waals surface area contributed by atoms with E-state index in [1.54, 1.807) is 0 Å². The molecule has 6 heteroatoms. The zero-order valence-electron chi connectivity index (χ0n) is 19.4. The van der Waals surface area contributed by atoms with E-state index in [9.17, 15) is 4.79 Å². The molecule has 2 heterocycles. The van der Waals surface area contributed by atoms with Crippen LogP contribution in [0.3, 0.4) is 0 Å². The van der Waals surface area contributed by atoms with E-state index in [0.717, 1.165) is 46.3 Å². The maximum atomic E-state index is 12.4. The molecule has 6 nitrogen and oxygen atoms in total. The Labute approximate surface area is 189 Å². The van der Waals surface area contributed by atoms with Crippen molar-refractivity contribution < 1.29 is 4.79 Å². The molecule has 0 aliphatic heterocycles. The number of nitrogens with one attached hydrogen (secondary N) is 1. The molecular weight excluding hydrogens is 398 g/mol. The molecule has 32 heavy (non-hydrogen) atoms. The molecule has 0 aliphatic rings. The van der Waals surface area contributed by atoms with E-state index in [-0.39, 0.29) is 5.91 Å². The summed E-state index contributed by atoms with van der Waals surface area (Å²) in [6, 6.07) is 16.6. The van der Waals surface area contributed by atoms with Gasteiger partial charge in [0.2, 0.25) is 5.91 Å². The van der Waals surface area contributed by atoms with Gasteiger partial charge in [0, 0.05) is 49.5 Å². The summed E-state index contributed by atoms with van der Waals surface area (Å²) in [6.07, 6.45) is 3.00. The molecular formula is C26H31N5O. The molecule has 166 valence electrons. The zero-order valence-corrected chi connectivity index (χ0v) is 19.4. The largest absolute Gasteiger partial charge is 0.378 e. The predicted molar refractivity (Wildman–Crippen MR) is 130 cm³/mol. The van der Waals surface area contributed by atoms with Crippen molar-refractivity contribution in [1.29, 1.82) is 0 Å². The van der Waals surface area contributed by atoms with Crippen LogP contribution in [0.5, 0.6) is 0 Å². The summed E-state index contributed by atoms with van der Waals surface area (Å²) in [5, 5.41) is 8.81. The molecule has 0 fully saturated rings. The standard InChI is InChI=1S/C26H31N5O/c1-18-22(19(2)31-26(28-18)23-9-5-6-10-24(23)29-31)15-16-25(32)27-17-7-8-20-11-13-21(14-12-20)30(3)4/h5-6,9-14H,7-8,15-17H2,1-4H3,(H,27,32). The Morgan fingerprint density at radius 2 is 1.78 bits per heavy atom. The first-order valence-electron chi connectivity index (χ1n) is 11.2. The van der Waals surface area contributed by atoms with Crippen molar-refractivity contribution in [3.63, 3.8) is 0 Å². The first kappa shape index (κ1) is 21.8. The third kappa shape index (κ3) is 4.59. The van der Waals surface area contributed by atoms with Gasteiger partial charge in [0.15, 0.2) is 5.65 Å². The molecule has 4 aromatic rings. The molecule has 0 radical (unpaired) electrons. The van der Waals surface area contributed by atoms with Crippen LogP contribution in [0.4, 0.5) is 5.69 Å². The fraction of sp³-hybridized carbons (Fsp3) is 0.346. The van der Waals surface area contributed by atoms with Gasteiger partial charge in [-0.2, -0.15) is 5.10 Å². The van der Waals surface area contributed by atoms with Crippen LogP contribution in [0, 0.1) is 13.8 Å². The quantitative estimate of drug-likeness (QED) is 0.426. The van der Waals surface area contributed by atoms with E-state index in [1.807, 2.05) is 49.8 Å². The summed E-state index contributed by atoms with van der Waals surface area (Å²) in [5.74, 6) is 0.0810. The summed E-state index contributed by atoms with van der Waals surface area (Å²) in [7, 11) is 4.08. The highest BCUT2D eigenvalue weighted by Gasteiger charge is 2.14. The first-order chi connectivity index (χ1) is 15.4. The van der Waals surface area contributed by atoms with Gasteiger partial charge in [0.05, 0.1) is 5.52 Å². The zero-order chi connectivity index (χ0) is 22.7. The van der Waals surface area contributed by atoms with E-state index in [2.05, 4.69) is 41.4 Å². The van der Waals surface area contributed by atoms with Gasteiger partial charge in [0.1, 0.15) is 0 Å². The molecule has 0 saturated heterocycles. The lowest BCUT2D eigenvalue weighted by Gasteiger charge is -2.13. The summed E-state index contributed by atoms with van der Waals surface area (Å²) < 4.78 is 1.91. The van der Waals surface area contributed by atoms with Gasteiger partial charge in [-0.25, -0.2) is 9.50 Å². The van der Waals surface area contributed by atoms with Crippen LogP contribution in [0.25, 0.3) is 16.6 Å². The molecule has 1 N–H and O–H groups in total. The number of anilines is 1. The van der Waals surface area contributed by atoms with Gasteiger partial charge in [-0.05, 0) is 68.5 Å². The monoisotopic (exact) mass is 429 g/mol. The number of nitrogens with zero attached hydrogens (tertiary/aromatic N) is 4. The molecule has 2 aromatic carbocycles. The highest BCUT2D eigenvalue weighted by atomic mass is 16.1. The van der Waals surface area contributed by atoms with E-state index in [4.69, 9.17) is 10.1 Å². The minimum atomic E-state index is 0.0810. The number of aryl methyl sites for hydroxylation is 3. The normalized spacial score (nSPS) is 11.2. The predicted octanol–water partition coefficient (Wildman–Crippen LogP) is 4.25. The fourth-order valence-corrected chi connectivity index (χ4v) is 4.15. The van der Waals surface area contributed by atoms with Crippen molar-refractivity contribution in [1.82, 2.24) is 19.9 Å². The van der Waals surface area contributed by atoms with Crippen molar-refractivity contribution in [2.75, 3.05) is 25.5 Å². The SMILES string of the molecule is Cc1nc2c3ccccc3nn2c(C)c1CCC(=O)NCCCc1ccc(N(C)C)cc1. The highest BCUT2D eigenvalue weighted by molar-refractivity contribution is 5.92. The fourth-order valence-electron chi connectivity index (χ4n) is 4.15. The van der Waals surface area contributed by atoms with Crippen LogP contribution in [0.15, 0.2) is 48.5 Å². The van der Waals surface area contributed by atoms with E-state index >= 15 is 0 Å². The Morgan fingerprint density at radius 3 is 2.53 bits per heavy atom. The van der Waals surface area contributed by atoms with Gasteiger partial charge in [-0.15, -0.1) is 0 Å². The summed E-state index contributed by atoms with van der Waals surface area (Å²) >= 11 is 0. The highest BCUT2D eigenvalue weighted by Crippen LogP contribution is 2.23. The Bertz CT molecular complexity index is 1240. The molecule has 0 saturated carbocycles. The van der Waals surface area contributed by atoms with E-state index in [0.29, 0.717) is 19.4 Å². The van der Waals surface area contributed by atoms with Crippen LogP contribution in [-0.4, -0.2) is 41.1 Å². The number of amides is 1. The minimum absolute atomic E-state index is 0.0810. The molecule has 0 bridgehead atoms. The first-order valence-corrected chi connectivity index (χ1v) is 11.2. The molecule has 0 atom stereocenters. The smallest absolute Gasteiger partial charge is 0.220 e. The topological polar surface area (TPSA) is 62.5 Å². The molecule has 0 spiro atoms. The second kappa shape index (κ2) is 9.39. The van der Waals surface area contributed by atoms with Gasteiger partial charge >= 0.3 is 0 Å². The molecule has 0 aliphatic carbocycles. The molecule has 1 amide bonds. The molecule has 4 rings (SSSR count). The third-order valence-corrected chi connectivity index (χ3v) is 6.04. The van der Waals surface area contributed by atoms with E-state index in [1.165, 1.54) is 11.3 Å². The minimum Gasteiger partial charge on any atom is -0.378 e. The number of hydrogen-bond donors (Lipinski definition) is 1. The lowest BCUT2D eigenvalue weighted by atomic mass is 10.1. The van der Waals surface area contributed by atoms with Gasteiger partial charge < -0.3 is 10.2 Å². The Hall–Kier alpha value is -3.41. The van der Waals surface area contributed by atoms with Crippen molar-refractivity contribution >= 4 is 28.1 Å². The molecule has 2 aromatic heterocycles. The van der Waals surface area contributed by atoms with Crippen molar-refractivity contribution in [3.8, 4) is 0 Å². The number of aromatic nitrogens is 3. The van der Waals surface area contributed by atoms with Gasteiger partial charge in [-0.1, -0.05) is 24.3 Å². The van der Waals surface area contributed by atoms with Crippen LogP contribution in [0.1, 0.15) is 35.4 Å². The Balaban J connectivity index is 1.31. The Morgan fingerprint density at radius 1 is 1.03 bits per heavy atom. The second-order valence-corrected chi connectivity index (χ2v) is 8.53. The van der Waals surface area contributed by atoms with E-state index < -0.39 is 0 Å².